The first-order valence-corrected chi connectivity index (χ1v) is 12.8. The van der Waals surface area contributed by atoms with E-state index in [0.29, 0.717) is 41.4 Å². The molecule has 152 valence electrons. The molecule has 28 heavy (non-hydrogen) atoms. The standard InChI is InChI=1S/C17H21N3O5S3/c1-27(22,23)19-15-6-4-13(5-7-15)17(21)18-14-8-10-20(11-9-14)28(24,25)16-3-2-12-26-16/h2-7,12,14,19H,8-11H2,1H3,(H,18,21). The second kappa shape index (κ2) is 8.19. The van der Waals surface area contributed by atoms with Crippen molar-refractivity contribution in [1.82, 2.24) is 9.62 Å². The number of nitrogens with one attached hydrogen (secondary N) is 2. The number of thiophene rings is 1. The summed E-state index contributed by atoms with van der Waals surface area (Å²) in [4.78, 5) is 12.4. The Bertz CT molecular complexity index is 1020. The molecule has 3 rings (SSSR count). The molecule has 0 bridgehead atoms. The summed E-state index contributed by atoms with van der Waals surface area (Å²) in [6.07, 6.45) is 2.12. The maximum atomic E-state index is 12.5. The van der Waals surface area contributed by atoms with Crippen LogP contribution in [0.25, 0.3) is 0 Å². The summed E-state index contributed by atoms with van der Waals surface area (Å²) in [5.74, 6) is -0.273. The van der Waals surface area contributed by atoms with Gasteiger partial charge in [0, 0.05) is 30.4 Å². The van der Waals surface area contributed by atoms with Crippen molar-refractivity contribution >= 4 is 43.0 Å². The molecule has 0 radical (unpaired) electrons. The normalized spacial score (nSPS) is 16.6. The lowest BCUT2D eigenvalue weighted by atomic mass is 10.1. The maximum absolute atomic E-state index is 12.5. The molecule has 0 saturated carbocycles. The molecule has 1 amide bonds. The van der Waals surface area contributed by atoms with Crippen LogP contribution in [0.1, 0.15) is 23.2 Å². The Labute approximate surface area is 168 Å². The molecule has 0 spiro atoms. The SMILES string of the molecule is CS(=O)(=O)Nc1ccc(C(=O)NC2CCN(S(=O)(=O)c3cccs3)CC2)cc1. The number of piperidine rings is 1. The number of benzene rings is 1. The van der Waals surface area contributed by atoms with Crippen molar-refractivity contribution in [2.45, 2.75) is 23.1 Å². The number of carbonyl (C=O) groups excluding carboxylic acids is 1. The van der Waals surface area contributed by atoms with E-state index in [4.69, 9.17) is 0 Å². The number of hydrogen-bond donors (Lipinski definition) is 2. The zero-order chi connectivity index (χ0) is 20.4. The minimum Gasteiger partial charge on any atom is -0.349 e. The van der Waals surface area contributed by atoms with Gasteiger partial charge in [0.15, 0.2) is 0 Å². The van der Waals surface area contributed by atoms with Gasteiger partial charge in [-0.05, 0) is 48.6 Å². The fourth-order valence-corrected chi connectivity index (χ4v) is 6.13. The quantitative estimate of drug-likeness (QED) is 0.706. The number of sulfonamides is 2. The van der Waals surface area contributed by atoms with E-state index in [1.54, 1.807) is 29.6 Å². The second-order valence-corrected chi connectivity index (χ2v) is 11.4. The van der Waals surface area contributed by atoms with Gasteiger partial charge in [-0.2, -0.15) is 4.31 Å². The van der Waals surface area contributed by atoms with Gasteiger partial charge in [-0.3, -0.25) is 9.52 Å². The van der Waals surface area contributed by atoms with Crippen LogP contribution in [0, 0.1) is 0 Å². The van der Waals surface area contributed by atoms with Gasteiger partial charge in [-0.1, -0.05) is 6.07 Å². The predicted molar refractivity (Wildman–Crippen MR) is 108 cm³/mol. The molecule has 1 aromatic heterocycles. The van der Waals surface area contributed by atoms with Crippen LogP contribution in [0.5, 0.6) is 0 Å². The van der Waals surface area contributed by atoms with E-state index in [0.717, 1.165) is 6.26 Å². The van der Waals surface area contributed by atoms with E-state index in [1.165, 1.54) is 27.8 Å². The Morgan fingerprint density at radius 3 is 2.25 bits per heavy atom. The van der Waals surface area contributed by atoms with Gasteiger partial charge in [0.2, 0.25) is 10.0 Å². The number of nitrogens with zero attached hydrogens (tertiary/aromatic N) is 1. The first kappa shape index (κ1) is 20.8. The first-order chi connectivity index (χ1) is 13.1. The van der Waals surface area contributed by atoms with Gasteiger partial charge in [0.25, 0.3) is 15.9 Å². The van der Waals surface area contributed by atoms with E-state index in [1.807, 2.05) is 0 Å². The van der Waals surface area contributed by atoms with Crippen LogP contribution in [-0.2, 0) is 20.0 Å². The average molecular weight is 444 g/mol. The fraction of sp³-hybridized carbons (Fsp3) is 0.353. The summed E-state index contributed by atoms with van der Waals surface area (Å²) < 4.78 is 51.6. The van der Waals surface area contributed by atoms with Crippen molar-refractivity contribution in [2.75, 3.05) is 24.1 Å². The third kappa shape index (κ3) is 5.10. The van der Waals surface area contributed by atoms with Crippen LogP contribution in [0.4, 0.5) is 5.69 Å². The number of carbonyl (C=O) groups is 1. The average Bonchev–Trinajstić information content (AvgIpc) is 3.17. The molecule has 1 aliphatic rings. The fourth-order valence-electron chi connectivity index (χ4n) is 2.95. The Morgan fingerprint density at radius 2 is 1.71 bits per heavy atom. The van der Waals surface area contributed by atoms with Crippen molar-refractivity contribution in [3.05, 3.63) is 47.3 Å². The predicted octanol–water partition coefficient (Wildman–Crippen LogP) is 1.70. The molecule has 0 aliphatic carbocycles. The summed E-state index contributed by atoms with van der Waals surface area (Å²) in [7, 11) is -6.83. The third-order valence-electron chi connectivity index (χ3n) is 4.33. The molecule has 0 atom stereocenters. The Morgan fingerprint density at radius 1 is 1.07 bits per heavy atom. The molecule has 1 fully saturated rings. The van der Waals surface area contributed by atoms with Crippen molar-refractivity contribution in [3.63, 3.8) is 0 Å². The summed E-state index contributed by atoms with van der Waals surface area (Å²) in [5.41, 5.74) is 0.791. The number of anilines is 1. The van der Waals surface area contributed by atoms with Crippen LogP contribution >= 0.6 is 11.3 Å². The molecule has 2 N–H and O–H groups in total. The minimum atomic E-state index is -3.46. The van der Waals surface area contributed by atoms with Crippen molar-refractivity contribution < 1.29 is 21.6 Å². The van der Waals surface area contributed by atoms with Gasteiger partial charge in [0.1, 0.15) is 4.21 Å². The van der Waals surface area contributed by atoms with Gasteiger partial charge in [0.05, 0.1) is 6.26 Å². The van der Waals surface area contributed by atoms with Gasteiger partial charge < -0.3 is 5.32 Å². The van der Waals surface area contributed by atoms with Gasteiger partial charge in [-0.15, -0.1) is 11.3 Å². The van der Waals surface area contributed by atoms with Crippen LogP contribution in [0.2, 0.25) is 0 Å². The van der Waals surface area contributed by atoms with Gasteiger partial charge in [-0.25, -0.2) is 16.8 Å². The molecular weight excluding hydrogens is 422 g/mol. The van der Waals surface area contributed by atoms with Crippen molar-refractivity contribution in [2.24, 2.45) is 0 Å². The summed E-state index contributed by atoms with van der Waals surface area (Å²) in [6.45, 7) is 0.699. The Balaban J connectivity index is 1.55. The molecule has 11 heteroatoms. The number of amides is 1. The zero-order valence-electron chi connectivity index (χ0n) is 15.2. The van der Waals surface area contributed by atoms with Crippen molar-refractivity contribution in [3.8, 4) is 0 Å². The lowest BCUT2D eigenvalue weighted by Gasteiger charge is -2.31. The highest BCUT2D eigenvalue weighted by atomic mass is 32.2. The molecular formula is C17H21N3O5S3. The second-order valence-electron chi connectivity index (χ2n) is 6.54. The smallest absolute Gasteiger partial charge is 0.252 e. The first-order valence-electron chi connectivity index (χ1n) is 8.57. The monoisotopic (exact) mass is 443 g/mol. The van der Waals surface area contributed by atoms with Crippen LogP contribution in [0.15, 0.2) is 46.0 Å². The highest BCUT2D eigenvalue weighted by molar-refractivity contribution is 7.92. The molecule has 2 heterocycles. The lowest BCUT2D eigenvalue weighted by Crippen LogP contribution is -2.46. The summed E-state index contributed by atoms with van der Waals surface area (Å²) in [5, 5.41) is 4.65. The molecule has 1 saturated heterocycles. The molecule has 1 aromatic carbocycles. The van der Waals surface area contributed by atoms with Gasteiger partial charge >= 0.3 is 0 Å². The third-order valence-corrected chi connectivity index (χ3v) is 8.21. The topological polar surface area (TPSA) is 113 Å². The van der Waals surface area contributed by atoms with E-state index in [9.17, 15) is 21.6 Å². The van der Waals surface area contributed by atoms with Crippen LogP contribution in [0.3, 0.4) is 0 Å². The van der Waals surface area contributed by atoms with E-state index in [-0.39, 0.29) is 11.9 Å². The van der Waals surface area contributed by atoms with Crippen molar-refractivity contribution in [1.29, 1.82) is 0 Å². The Hall–Kier alpha value is -1.95. The van der Waals surface area contributed by atoms with Crippen LogP contribution < -0.4 is 10.0 Å². The number of hydrogen-bond acceptors (Lipinski definition) is 6. The summed E-state index contributed by atoms with van der Waals surface area (Å²) >= 11 is 1.19. The number of rotatable bonds is 6. The largest absolute Gasteiger partial charge is 0.349 e. The lowest BCUT2D eigenvalue weighted by molar-refractivity contribution is 0.0924. The summed E-state index contributed by atoms with van der Waals surface area (Å²) in [6, 6.07) is 9.31. The molecule has 2 aromatic rings. The van der Waals surface area contributed by atoms with Crippen LogP contribution in [-0.4, -0.2) is 52.4 Å². The molecule has 0 unspecified atom stereocenters. The highest BCUT2D eigenvalue weighted by Gasteiger charge is 2.30. The maximum Gasteiger partial charge on any atom is 0.252 e. The molecule has 8 nitrogen and oxygen atoms in total. The minimum absolute atomic E-state index is 0.115. The Kier molecular flexibility index (Phi) is 6.08. The highest BCUT2D eigenvalue weighted by Crippen LogP contribution is 2.24. The van der Waals surface area contributed by atoms with E-state index >= 15 is 0 Å². The van der Waals surface area contributed by atoms with E-state index < -0.39 is 20.0 Å². The zero-order valence-corrected chi connectivity index (χ0v) is 17.6. The van der Waals surface area contributed by atoms with E-state index in [2.05, 4.69) is 10.0 Å². The molecule has 1 aliphatic heterocycles.